The van der Waals surface area contributed by atoms with Gasteiger partial charge in [0.2, 0.25) is 0 Å². The minimum Gasteiger partial charge on any atom is -0.478 e. The van der Waals surface area contributed by atoms with Gasteiger partial charge >= 0.3 is 5.97 Å². The summed E-state index contributed by atoms with van der Waals surface area (Å²) < 4.78 is 0. The molecule has 0 unspecified atom stereocenters. The Bertz CT molecular complexity index is 404. The molecule has 1 aromatic carbocycles. The van der Waals surface area contributed by atoms with Crippen LogP contribution in [0.5, 0.6) is 0 Å². The van der Waals surface area contributed by atoms with Crippen molar-refractivity contribution in [3.63, 3.8) is 0 Å². The van der Waals surface area contributed by atoms with Gasteiger partial charge in [-0.15, -0.1) is 0 Å². The number of carbonyl (C=O) groups is 1. The summed E-state index contributed by atoms with van der Waals surface area (Å²) in [6.45, 7) is 0. The van der Waals surface area contributed by atoms with E-state index in [1.54, 1.807) is 12.1 Å². The molecule has 70 valence electrons. The second kappa shape index (κ2) is 3.50. The van der Waals surface area contributed by atoms with Crippen molar-refractivity contribution >= 4 is 5.97 Å². The molecule has 0 fully saturated rings. The molecule has 1 aromatic rings. The summed E-state index contributed by atoms with van der Waals surface area (Å²) in [6, 6.07) is 7.10. The van der Waals surface area contributed by atoms with Crippen molar-refractivity contribution in [3.05, 3.63) is 59.7 Å². The average Bonchev–Trinajstić information content (AvgIpc) is 2.70. The first kappa shape index (κ1) is 8.75. The van der Waals surface area contributed by atoms with Crippen molar-refractivity contribution < 1.29 is 9.90 Å². The van der Waals surface area contributed by atoms with Gasteiger partial charge in [-0.3, -0.25) is 0 Å². The molecule has 2 heteroatoms. The van der Waals surface area contributed by atoms with Crippen LogP contribution in [0.25, 0.3) is 0 Å². The Morgan fingerprint density at radius 3 is 2.43 bits per heavy atom. The van der Waals surface area contributed by atoms with E-state index in [0.29, 0.717) is 5.56 Å². The van der Waals surface area contributed by atoms with Crippen molar-refractivity contribution in [2.24, 2.45) is 0 Å². The number of hydrogen-bond acceptors (Lipinski definition) is 1. The van der Waals surface area contributed by atoms with Crippen molar-refractivity contribution in [2.45, 2.75) is 5.92 Å². The van der Waals surface area contributed by atoms with E-state index in [4.69, 9.17) is 5.11 Å². The van der Waals surface area contributed by atoms with Crippen LogP contribution >= 0.6 is 0 Å². The highest BCUT2D eigenvalue weighted by Gasteiger charge is 2.15. The van der Waals surface area contributed by atoms with Crippen LogP contribution in [0.2, 0.25) is 0 Å². The Balaban J connectivity index is 2.46. The van der Waals surface area contributed by atoms with E-state index in [1.165, 1.54) is 0 Å². The molecular formula is C12H10O2. The topological polar surface area (TPSA) is 37.3 Å². The lowest BCUT2D eigenvalue weighted by atomic mass is 9.95. The highest BCUT2D eigenvalue weighted by Crippen LogP contribution is 2.25. The van der Waals surface area contributed by atoms with Gasteiger partial charge in [-0.05, 0) is 11.6 Å². The lowest BCUT2D eigenvalue weighted by Crippen LogP contribution is -2.03. The van der Waals surface area contributed by atoms with Gasteiger partial charge in [-0.1, -0.05) is 42.5 Å². The Hall–Kier alpha value is -1.83. The van der Waals surface area contributed by atoms with Gasteiger partial charge in [0.25, 0.3) is 0 Å². The normalized spacial score (nSPS) is 14.9. The van der Waals surface area contributed by atoms with E-state index in [1.807, 2.05) is 36.4 Å². The molecule has 1 N–H and O–H groups in total. The zero-order valence-corrected chi connectivity index (χ0v) is 7.55. The van der Waals surface area contributed by atoms with Gasteiger partial charge in [0, 0.05) is 5.92 Å². The molecule has 1 aliphatic carbocycles. The Kier molecular flexibility index (Phi) is 2.19. The van der Waals surface area contributed by atoms with Crippen LogP contribution in [0.15, 0.2) is 48.6 Å². The maximum Gasteiger partial charge on any atom is 0.335 e. The van der Waals surface area contributed by atoms with Crippen LogP contribution in [0.3, 0.4) is 0 Å². The molecule has 0 radical (unpaired) electrons. The molecule has 14 heavy (non-hydrogen) atoms. The van der Waals surface area contributed by atoms with E-state index in [2.05, 4.69) is 0 Å². The fourth-order valence-electron chi connectivity index (χ4n) is 1.62. The van der Waals surface area contributed by atoms with Gasteiger partial charge < -0.3 is 5.11 Å². The minimum absolute atomic E-state index is 0.113. The summed E-state index contributed by atoms with van der Waals surface area (Å²) in [5.74, 6) is -0.753. The number of allylic oxidation sites excluding steroid dienone is 4. The highest BCUT2D eigenvalue weighted by atomic mass is 16.4. The summed E-state index contributed by atoms with van der Waals surface area (Å²) in [5, 5.41) is 8.98. The number of carboxylic acid groups (broad SMARTS) is 1. The number of hydrogen-bond donors (Lipinski definition) is 1. The predicted molar refractivity (Wildman–Crippen MR) is 54.4 cm³/mol. The third-order valence-corrected chi connectivity index (χ3v) is 2.30. The second-order valence-corrected chi connectivity index (χ2v) is 3.19. The summed E-state index contributed by atoms with van der Waals surface area (Å²) in [6.07, 6.45) is 7.84. The number of benzene rings is 1. The van der Waals surface area contributed by atoms with Gasteiger partial charge in [0.1, 0.15) is 0 Å². The lowest BCUT2D eigenvalue weighted by molar-refractivity contribution is 0.0695. The van der Waals surface area contributed by atoms with Gasteiger partial charge in [-0.2, -0.15) is 0 Å². The maximum absolute atomic E-state index is 10.9. The Labute approximate surface area is 82.2 Å². The van der Waals surface area contributed by atoms with Crippen molar-refractivity contribution in [1.82, 2.24) is 0 Å². The second-order valence-electron chi connectivity index (χ2n) is 3.19. The molecule has 0 spiro atoms. The molecule has 0 amide bonds. The van der Waals surface area contributed by atoms with Gasteiger partial charge in [0.05, 0.1) is 5.56 Å². The predicted octanol–water partition coefficient (Wildman–Crippen LogP) is 2.59. The molecule has 0 aromatic heterocycles. The molecule has 0 atom stereocenters. The summed E-state index contributed by atoms with van der Waals surface area (Å²) in [7, 11) is 0. The smallest absolute Gasteiger partial charge is 0.335 e. The third kappa shape index (κ3) is 1.46. The molecule has 2 nitrogen and oxygen atoms in total. The van der Waals surface area contributed by atoms with Crippen molar-refractivity contribution in [3.8, 4) is 0 Å². The fraction of sp³-hybridized carbons (Fsp3) is 0.0833. The van der Waals surface area contributed by atoms with Crippen LogP contribution in [-0.4, -0.2) is 11.1 Å². The molecule has 0 aliphatic heterocycles. The van der Waals surface area contributed by atoms with E-state index in [-0.39, 0.29) is 5.92 Å². The first-order valence-electron chi connectivity index (χ1n) is 4.46. The van der Waals surface area contributed by atoms with Crippen LogP contribution in [0.4, 0.5) is 0 Å². The Morgan fingerprint density at radius 2 is 1.79 bits per heavy atom. The zero-order valence-electron chi connectivity index (χ0n) is 7.55. The highest BCUT2D eigenvalue weighted by molar-refractivity contribution is 5.89. The molecular weight excluding hydrogens is 176 g/mol. The largest absolute Gasteiger partial charge is 0.478 e. The first-order valence-corrected chi connectivity index (χ1v) is 4.46. The summed E-state index contributed by atoms with van der Waals surface area (Å²) in [4.78, 5) is 10.9. The standard InChI is InChI=1S/C12H10O2/c13-12(14)11-8-4-3-7-10(11)9-5-1-2-6-9/h1-9H,(H,13,14). The molecule has 2 rings (SSSR count). The van der Waals surface area contributed by atoms with Crippen LogP contribution in [0, 0.1) is 0 Å². The quantitative estimate of drug-likeness (QED) is 0.770. The molecule has 0 saturated heterocycles. The van der Waals surface area contributed by atoms with Crippen LogP contribution in [-0.2, 0) is 0 Å². The molecule has 0 bridgehead atoms. The number of aromatic carboxylic acids is 1. The van der Waals surface area contributed by atoms with E-state index < -0.39 is 5.97 Å². The molecule has 0 heterocycles. The van der Waals surface area contributed by atoms with E-state index in [9.17, 15) is 4.79 Å². The summed E-state index contributed by atoms with van der Waals surface area (Å²) in [5.41, 5.74) is 1.23. The lowest BCUT2D eigenvalue weighted by Gasteiger charge is -2.08. The number of rotatable bonds is 2. The van der Waals surface area contributed by atoms with Crippen molar-refractivity contribution in [2.75, 3.05) is 0 Å². The van der Waals surface area contributed by atoms with Gasteiger partial charge in [-0.25, -0.2) is 4.79 Å². The zero-order chi connectivity index (χ0) is 9.97. The SMILES string of the molecule is O=C(O)c1ccccc1C1C=CC=C1. The minimum atomic E-state index is -0.866. The Morgan fingerprint density at radius 1 is 1.14 bits per heavy atom. The molecule has 0 saturated carbocycles. The van der Waals surface area contributed by atoms with Crippen LogP contribution in [0.1, 0.15) is 21.8 Å². The third-order valence-electron chi connectivity index (χ3n) is 2.30. The van der Waals surface area contributed by atoms with Crippen molar-refractivity contribution in [1.29, 1.82) is 0 Å². The average molecular weight is 186 g/mol. The molecule has 1 aliphatic rings. The van der Waals surface area contributed by atoms with Gasteiger partial charge in [0.15, 0.2) is 0 Å². The first-order chi connectivity index (χ1) is 6.79. The number of carboxylic acids is 1. The maximum atomic E-state index is 10.9. The monoisotopic (exact) mass is 186 g/mol. The van der Waals surface area contributed by atoms with E-state index in [0.717, 1.165) is 5.56 Å². The summed E-state index contributed by atoms with van der Waals surface area (Å²) >= 11 is 0. The van der Waals surface area contributed by atoms with E-state index >= 15 is 0 Å². The van der Waals surface area contributed by atoms with Crippen LogP contribution < -0.4 is 0 Å². The fourth-order valence-corrected chi connectivity index (χ4v) is 1.62.